The van der Waals surface area contributed by atoms with Crippen LogP contribution in [-0.4, -0.2) is 55.7 Å². The lowest BCUT2D eigenvalue weighted by molar-refractivity contribution is -0.138. The first-order chi connectivity index (χ1) is 21.4. The summed E-state index contributed by atoms with van der Waals surface area (Å²) >= 11 is 0. The first-order valence-corrected chi connectivity index (χ1v) is 15.3. The van der Waals surface area contributed by atoms with E-state index in [2.05, 4.69) is 6.07 Å². The van der Waals surface area contributed by atoms with Crippen LogP contribution in [0.25, 0.3) is 11.1 Å². The summed E-state index contributed by atoms with van der Waals surface area (Å²) in [4.78, 5) is 22.1. The van der Waals surface area contributed by atoms with E-state index in [1.54, 1.807) is 7.11 Å². The zero-order valence-electron chi connectivity index (χ0n) is 25.3. The van der Waals surface area contributed by atoms with E-state index in [0.717, 1.165) is 77.2 Å². The number of hydrogen-bond acceptors (Lipinski definition) is 7. The first kappa shape index (κ1) is 32.7. The average molecular weight is 607 g/mol. The number of benzene rings is 3. The number of aliphatic carboxylic acids is 2. The summed E-state index contributed by atoms with van der Waals surface area (Å²) < 4.78 is 28.8. The Labute approximate surface area is 258 Å². The Hall–Kier alpha value is -4.24. The van der Waals surface area contributed by atoms with Crippen molar-refractivity contribution in [3.63, 3.8) is 0 Å². The van der Waals surface area contributed by atoms with Crippen LogP contribution in [0.5, 0.6) is 23.0 Å². The van der Waals surface area contributed by atoms with Crippen molar-refractivity contribution in [2.45, 2.75) is 64.4 Å². The Kier molecular flexibility index (Phi) is 12.7. The molecule has 0 aliphatic carbocycles. The molecule has 1 aliphatic rings. The molecule has 236 valence electrons. The highest BCUT2D eigenvalue weighted by atomic mass is 16.6. The highest BCUT2D eigenvalue weighted by molar-refractivity contribution is 5.70. The number of rotatable bonds is 19. The third-order valence-corrected chi connectivity index (χ3v) is 7.37. The molecule has 3 aromatic carbocycles. The number of carboxylic acid groups (broad SMARTS) is 2. The second-order valence-electron chi connectivity index (χ2n) is 10.8. The maximum atomic E-state index is 11.3. The number of aryl methyl sites for hydroxylation is 1. The van der Waals surface area contributed by atoms with E-state index in [-0.39, 0.29) is 19.4 Å². The maximum Gasteiger partial charge on any atom is 0.303 e. The van der Waals surface area contributed by atoms with E-state index < -0.39 is 11.9 Å². The van der Waals surface area contributed by atoms with Gasteiger partial charge in [-0.3, -0.25) is 9.59 Å². The molecule has 0 bridgehead atoms. The molecule has 0 spiro atoms. The van der Waals surface area contributed by atoms with Gasteiger partial charge in [-0.15, -0.1) is 0 Å². The van der Waals surface area contributed by atoms with Crippen LogP contribution in [0.4, 0.5) is 0 Å². The smallest absolute Gasteiger partial charge is 0.303 e. The van der Waals surface area contributed by atoms with Crippen molar-refractivity contribution in [3.8, 4) is 34.1 Å². The Balaban J connectivity index is 1.27. The summed E-state index contributed by atoms with van der Waals surface area (Å²) in [5.74, 6) is 1.23. The SMILES string of the molecule is COCc1cc(OCCCCCCc2cccc(OCCCC(=O)O)c2CCC(=O)O)cc(-c2ccc3c(c2)OCCO3)c1. The van der Waals surface area contributed by atoms with Crippen LogP contribution in [-0.2, 0) is 33.8 Å². The van der Waals surface area contributed by atoms with E-state index in [1.807, 2.05) is 48.5 Å². The van der Waals surface area contributed by atoms with Gasteiger partial charge < -0.3 is 33.9 Å². The second-order valence-corrected chi connectivity index (χ2v) is 10.8. The fourth-order valence-corrected chi connectivity index (χ4v) is 5.25. The van der Waals surface area contributed by atoms with Crippen LogP contribution in [0.1, 0.15) is 61.6 Å². The number of ether oxygens (including phenoxy) is 5. The maximum absolute atomic E-state index is 11.3. The molecular weight excluding hydrogens is 564 g/mol. The lowest BCUT2D eigenvalue weighted by atomic mass is 9.97. The number of carboxylic acids is 2. The molecule has 1 aliphatic heterocycles. The van der Waals surface area contributed by atoms with Gasteiger partial charge in [0, 0.05) is 20.0 Å². The van der Waals surface area contributed by atoms with Crippen LogP contribution in [0.15, 0.2) is 54.6 Å². The third kappa shape index (κ3) is 10.2. The molecule has 0 saturated heterocycles. The Morgan fingerprint density at radius 2 is 1.52 bits per heavy atom. The number of methoxy groups -OCH3 is 1. The van der Waals surface area contributed by atoms with Crippen molar-refractivity contribution >= 4 is 11.9 Å². The predicted molar refractivity (Wildman–Crippen MR) is 166 cm³/mol. The average Bonchev–Trinajstić information content (AvgIpc) is 3.01. The molecule has 0 aromatic heterocycles. The lowest BCUT2D eigenvalue weighted by Crippen LogP contribution is -2.15. The molecule has 1 heterocycles. The van der Waals surface area contributed by atoms with Crippen molar-refractivity contribution in [2.24, 2.45) is 0 Å². The van der Waals surface area contributed by atoms with Gasteiger partial charge >= 0.3 is 11.9 Å². The zero-order chi connectivity index (χ0) is 31.1. The van der Waals surface area contributed by atoms with E-state index >= 15 is 0 Å². The number of carbonyl (C=O) groups is 2. The molecule has 2 N–H and O–H groups in total. The van der Waals surface area contributed by atoms with Crippen molar-refractivity contribution in [1.82, 2.24) is 0 Å². The minimum Gasteiger partial charge on any atom is -0.494 e. The van der Waals surface area contributed by atoms with Gasteiger partial charge in [0.15, 0.2) is 11.5 Å². The Morgan fingerprint density at radius 3 is 2.32 bits per heavy atom. The molecule has 4 rings (SSSR count). The second kappa shape index (κ2) is 17.2. The third-order valence-electron chi connectivity index (χ3n) is 7.37. The Bertz CT molecular complexity index is 1380. The molecule has 0 radical (unpaired) electrons. The molecule has 9 heteroatoms. The molecule has 44 heavy (non-hydrogen) atoms. The molecule has 3 aromatic rings. The molecule has 0 unspecified atom stereocenters. The fraction of sp³-hybridized carbons (Fsp3) is 0.429. The molecule has 0 amide bonds. The van der Waals surface area contributed by atoms with Crippen LogP contribution >= 0.6 is 0 Å². The monoisotopic (exact) mass is 606 g/mol. The van der Waals surface area contributed by atoms with Gasteiger partial charge in [0.25, 0.3) is 0 Å². The number of unbranched alkanes of at least 4 members (excludes halogenated alkanes) is 3. The summed E-state index contributed by atoms with van der Waals surface area (Å²) in [5.41, 5.74) is 5.06. The standard InChI is InChI=1S/C35H42O9/c1-40-24-25-20-28(27-12-14-32-33(23-27)44-19-18-43-32)22-29(21-25)41-16-5-3-2-4-8-26-9-6-10-31(30(26)13-15-35(38)39)42-17-7-11-34(36)37/h6,9-10,12,14,20-23H,2-5,7-8,11,13,15-19,24H2,1H3,(H,36,37)(H,38,39). The van der Waals surface area contributed by atoms with E-state index in [0.29, 0.717) is 45.0 Å². The largest absolute Gasteiger partial charge is 0.494 e. The molecule has 0 saturated carbocycles. The lowest BCUT2D eigenvalue weighted by Gasteiger charge is -2.19. The zero-order valence-corrected chi connectivity index (χ0v) is 25.3. The van der Waals surface area contributed by atoms with Crippen molar-refractivity contribution in [1.29, 1.82) is 0 Å². The van der Waals surface area contributed by atoms with Crippen LogP contribution in [0.2, 0.25) is 0 Å². The fourth-order valence-electron chi connectivity index (χ4n) is 5.25. The van der Waals surface area contributed by atoms with Gasteiger partial charge in [0.1, 0.15) is 24.7 Å². The van der Waals surface area contributed by atoms with E-state index in [9.17, 15) is 14.7 Å². The summed E-state index contributed by atoms with van der Waals surface area (Å²) in [6, 6.07) is 17.9. The quantitative estimate of drug-likeness (QED) is 0.143. The summed E-state index contributed by atoms with van der Waals surface area (Å²) in [6.07, 6.45) is 5.53. The van der Waals surface area contributed by atoms with Crippen molar-refractivity contribution < 1.29 is 43.5 Å². The molecule has 9 nitrogen and oxygen atoms in total. The van der Waals surface area contributed by atoms with Crippen molar-refractivity contribution in [3.05, 3.63) is 71.3 Å². The van der Waals surface area contributed by atoms with Gasteiger partial charge in [-0.2, -0.15) is 0 Å². The highest BCUT2D eigenvalue weighted by Crippen LogP contribution is 2.36. The first-order valence-electron chi connectivity index (χ1n) is 15.3. The molecule has 0 fully saturated rings. The van der Waals surface area contributed by atoms with Crippen LogP contribution in [0, 0.1) is 0 Å². The van der Waals surface area contributed by atoms with E-state index in [4.69, 9.17) is 28.8 Å². The topological polar surface area (TPSA) is 121 Å². The summed E-state index contributed by atoms with van der Waals surface area (Å²) in [5, 5.41) is 18.1. The molecular formula is C35H42O9. The van der Waals surface area contributed by atoms with Crippen molar-refractivity contribution in [2.75, 3.05) is 33.5 Å². The van der Waals surface area contributed by atoms with Gasteiger partial charge in [0.2, 0.25) is 0 Å². The predicted octanol–water partition coefficient (Wildman–Crippen LogP) is 6.71. The van der Waals surface area contributed by atoms with Gasteiger partial charge in [-0.1, -0.05) is 31.0 Å². The highest BCUT2D eigenvalue weighted by Gasteiger charge is 2.14. The summed E-state index contributed by atoms with van der Waals surface area (Å²) in [7, 11) is 1.68. The minimum atomic E-state index is -0.861. The van der Waals surface area contributed by atoms with Gasteiger partial charge in [-0.05, 0) is 96.3 Å². The minimum absolute atomic E-state index is 0.0157. The van der Waals surface area contributed by atoms with Crippen LogP contribution in [0.3, 0.4) is 0 Å². The van der Waals surface area contributed by atoms with E-state index in [1.165, 1.54) is 0 Å². The normalized spacial score (nSPS) is 12.1. The number of fused-ring (bicyclic) bond motifs is 1. The summed E-state index contributed by atoms with van der Waals surface area (Å²) in [6.45, 7) is 2.46. The van der Waals surface area contributed by atoms with Gasteiger partial charge in [0.05, 0.1) is 19.8 Å². The van der Waals surface area contributed by atoms with Crippen LogP contribution < -0.4 is 18.9 Å². The number of hydrogen-bond donors (Lipinski definition) is 2. The Morgan fingerprint density at radius 1 is 0.750 bits per heavy atom. The van der Waals surface area contributed by atoms with Gasteiger partial charge in [-0.25, -0.2) is 0 Å². The molecule has 0 atom stereocenters.